The first kappa shape index (κ1) is 18.0. The van der Waals surface area contributed by atoms with E-state index in [1.807, 2.05) is 18.2 Å². The molecule has 0 spiro atoms. The van der Waals surface area contributed by atoms with Crippen LogP contribution < -0.4 is 4.74 Å². The molecule has 0 amide bonds. The fraction of sp³-hybridized carbons (Fsp3) is 0.500. The van der Waals surface area contributed by atoms with Gasteiger partial charge in [-0.2, -0.15) is 0 Å². The van der Waals surface area contributed by atoms with Crippen molar-refractivity contribution in [1.29, 1.82) is 0 Å². The van der Waals surface area contributed by atoms with Crippen molar-refractivity contribution in [2.45, 2.75) is 31.8 Å². The number of methoxy groups -OCH3 is 1. The minimum Gasteiger partial charge on any atom is -0.468 e. The number of para-hydroxylation sites is 1. The molecule has 1 fully saturated rings. The molecule has 0 saturated heterocycles. The number of esters is 1. The van der Waals surface area contributed by atoms with E-state index in [-0.39, 0.29) is 17.8 Å². The summed E-state index contributed by atoms with van der Waals surface area (Å²) in [5.41, 5.74) is 7.60. The molecular formula is C16H19N3O4S. The third-order valence-electron chi connectivity index (χ3n) is 4.20. The fourth-order valence-corrected chi connectivity index (χ4v) is 3.27. The van der Waals surface area contributed by atoms with E-state index in [1.165, 1.54) is 7.11 Å². The van der Waals surface area contributed by atoms with E-state index in [4.69, 9.17) is 32.0 Å². The molecule has 1 aromatic rings. The molecule has 128 valence electrons. The van der Waals surface area contributed by atoms with Gasteiger partial charge in [-0.15, -0.1) is 0 Å². The number of ether oxygens (including phenoxy) is 3. The van der Waals surface area contributed by atoms with E-state index in [2.05, 4.69) is 10.0 Å². The minimum atomic E-state index is -0.868. The van der Waals surface area contributed by atoms with Crippen molar-refractivity contribution in [1.82, 2.24) is 0 Å². The molecule has 0 N–H and O–H groups in total. The molecule has 1 saturated carbocycles. The van der Waals surface area contributed by atoms with Crippen LogP contribution in [0.3, 0.4) is 0 Å². The van der Waals surface area contributed by atoms with Gasteiger partial charge in [0.15, 0.2) is 0 Å². The van der Waals surface area contributed by atoms with Crippen LogP contribution in [0.1, 0.15) is 25.7 Å². The van der Waals surface area contributed by atoms with Crippen LogP contribution in [0, 0.1) is 5.41 Å². The molecule has 0 aliphatic heterocycles. The highest BCUT2D eigenvalue weighted by Gasteiger charge is 2.51. The number of rotatable bonds is 6. The Bertz CT molecular complexity index is 633. The van der Waals surface area contributed by atoms with E-state index in [1.54, 1.807) is 12.1 Å². The van der Waals surface area contributed by atoms with Crippen LogP contribution in [0.25, 0.3) is 10.4 Å². The van der Waals surface area contributed by atoms with Gasteiger partial charge in [-0.3, -0.25) is 4.79 Å². The average molecular weight is 349 g/mol. The molecular weight excluding hydrogens is 330 g/mol. The highest BCUT2D eigenvalue weighted by molar-refractivity contribution is 7.79. The molecule has 7 nitrogen and oxygen atoms in total. The molecule has 24 heavy (non-hydrogen) atoms. The first-order chi connectivity index (χ1) is 11.6. The topological polar surface area (TPSA) is 93.5 Å². The van der Waals surface area contributed by atoms with Gasteiger partial charge < -0.3 is 14.2 Å². The Labute approximate surface area is 145 Å². The Hall–Kier alpha value is -2.31. The zero-order valence-electron chi connectivity index (χ0n) is 13.4. The lowest BCUT2D eigenvalue weighted by molar-refractivity contribution is -0.158. The quantitative estimate of drug-likeness (QED) is 0.256. The Morgan fingerprint density at radius 1 is 1.46 bits per heavy atom. The first-order valence-electron chi connectivity index (χ1n) is 7.65. The Kier molecular flexibility index (Phi) is 6.40. The average Bonchev–Trinajstić information content (AvgIpc) is 2.99. The maximum atomic E-state index is 12.4. The van der Waals surface area contributed by atoms with E-state index in [0.29, 0.717) is 25.0 Å². The zero-order valence-corrected chi connectivity index (χ0v) is 14.2. The fourth-order valence-electron chi connectivity index (χ4n) is 3.06. The standard InChI is InChI=1S/C16H19N3O4S/c1-21-14(20)16(10-11-18-19-17)9-5-8-13(16)23-15(24)22-12-6-3-2-4-7-12/h2-4,6-7,13H,5,8-11H2,1H3. The van der Waals surface area contributed by atoms with Gasteiger partial charge in [0.2, 0.25) is 0 Å². The summed E-state index contributed by atoms with van der Waals surface area (Å²) >= 11 is 5.15. The number of nitrogens with zero attached hydrogens (tertiary/aromatic N) is 3. The van der Waals surface area contributed by atoms with Gasteiger partial charge in [-0.1, -0.05) is 23.3 Å². The van der Waals surface area contributed by atoms with Gasteiger partial charge >= 0.3 is 11.2 Å². The summed E-state index contributed by atoms with van der Waals surface area (Å²) in [7, 11) is 1.34. The van der Waals surface area contributed by atoms with E-state index < -0.39 is 11.5 Å². The summed E-state index contributed by atoms with van der Waals surface area (Å²) in [5.74, 6) is 0.193. The number of carbonyl (C=O) groups is 1. The molecule has 2 unspecified atom stereocenters. The molecule has 0 radical (unpaired) electrons. The van der Waals surface area contributed by atoms with Crippen molar-refractivity contribution in [2.75, 3.05) is 13.7 Å². The molecule has 0 bridgehead atoms. The predicted molar refractivity (Wildman–Crippen MR) is 91.5 cm³/mol. The minimum absolute atomic E-state index is 0.0369. The summed E-state index contributed by atoms with van der Waals surface area (Å²) in [5, 5.41) is 3.49. The van der Waals surface area contributed by atoms with Crippen LogP contribution in [0.4, 0.5) is 0 Å². The Balaban J connectivity index is 2.09. The molecule has 2 rings (SSSR count). The third kappa shape index (κ3) is 4.15. The number of thiocarbonyl (C=S) groups is 1. The molecule has 0 aromatic heterocycles. The summed E-state index contributed by atoms with van der Waals surface area (Å²) in [6.07, 6.45) is 1.94. The van der Waals surface area contributed by atoms with Crippen molar-refractivity contribution in [3.8, 4) is 5.75 Å². The third-order valence-corrected chi connectivity index (χ3v) is 4.38. The Morgan fingerprint density at radius 3 is 2.88 bits per heavy atom. The molecule has 1 aliphatic carbocycles. The lowest BCUT2D eigenvalue weighted by atomic mass is 9.80. The lowest BCUT2D eigenvalue weighted by Gasteiger charge is -2.32. The first-order valence-corrected chi connectivity index (χ1v) is 8.06. The number of hydrogen-bond donors (Lipinski definition) is 0. The van der Waals surface area contributed by atoms with Gasteiger partial charge in [0.25, 0.3) is 0 Å². The van der Waals surface area contributed by atoms with Gasteiger partial charge in [-0.05, 0) is 43.3 Å². The second kappa shape index (κ2) is 8.52. The molecule has 0 heterocycles. The van der Waals surface area contributed by atoms with E-state index >= 15 is 0 Å². The van der Waals surface area contributed by atoms with Crippen LogP contribution in [-0.4, -0.2) is 31.0 Å². The maximum absolute atomic E-state index is 12.4. The van der Waals surface area contributed by atoms with E-state index in [0.717, 1.165) is 6.42 Å². The van der Waals surface area contributed by atoms with Gasteiger partial charge in [0, 0.05) is 23.7 Å². The SMILES string of the molecule is COC(=O)C1(CCN=[N+]=[N-])CCCC1OC(=S)Oc1ccccc1. The zero-order chi connectivity index (χ0) is 17.4. The van der Waals surface area contributed by atoms with Crippen LogP contribution in [0.15, 0.2) is 35.4 Å². The van der Waals surface area contributed by atoms with Gasteiger partial charge in [0.1, 0.15) is 17.3 Å². The second-order valence-corrected chi connectivity index (χ2v) is 5.85. The van der Waals surface area contributed by atoms with Crippen LogP contribution in [-0.2, 0) is 14.3 Å². The van der Waals surface area contributed by atoms with Gasteiger partial charge in [0.05, 0.1) is 7.11 Å². The summed E-state index contributed by atoms with van der Waals surface area (Å²) in [6.45, 7) is 0.192. The monoisotopic (exact) mass is 349 g/mol. The van der Waals surface area contributed by atoms with Gasteiger partial charge in [-0.25, -0.2) is 0 Å². The Morgan fingerprint density at radius 2 is 2.21 bits per heavy atom. The highest BCUT2D eigenvalue weighted by Crippen LogP contribution is 2.44. The number of benzene rings is 1. The highest BCUT2D eigenvalue weighted by atomic mass is 32.1. The smallest absolute Gasteiger partial charge is 0.358 e. The number of azide groups is 1. The van der Waals surface area contributed by atoms with Crippen molar-refractivity contribution in [2.24, 2.45) is 10.5 Å². The van der Waals surface area contributed by atoms with Crippen molar-refractivity contribution < 1.29 is 19.0 Å². The number of carbonyl (C=O) groups excluding carboxylic acids is 1. The van der Waals surface area contributed by atoms with Crippen molar-refractivity contribution in [3.63, 3.8) is 0 Å². The molecule has 2 atom stereocenters. The maximum Gasteiger partial charge on any atom is 0.358 e. The second-order valence-electron chi connectivity index (χ2n) is 5.52. The lowest BCUT2D eigenvalue weighted by Crippen LogP contribution is -2.42. The summed E-state index contributed by atoms with van der Waals surface area (Å²) in [6, 6.07) is 9.04. The van der Waals surface area contributed by atoms with E-state index in [9.17, 15) is 4.79 Å². The van der Waals surface area contributed by atoms with Crippen LogP contribution in [0.5, 0.6) is 5.75 Å². The summed E-state index contributed by atoms with van der Waals surface area (Å²) in [4.78, 5) is 15.1. The largest absolute Gasteiger partial charge is 0.468 e. The van der Waals surface area contributed by atoms with Crippen molar-refractivity contribution >= 4 is 23.4 Å². The molecule has 1 aromatic carbocycles. The van der Waals surface area contributed by atoms with Crippen LogP contribution in [0.2, 0.25) is 0 Å². The van der Waals surface area contributed by atoms with Crippen molar-refractivity contribution in [3.05, 3.63) is 40.8 Å². The molecule has 1 aliphatic rings. The van der Waals surface area contributed by atoms with Crippen LogP contribution >= 0.6 is 12.2 Å². The normalized spacial score (nSPS) is 22.3. The summed E-state index contributed by atoms with van der Waals surface area (Å²) < 4.78 is 16.2. The predicted octanol–water partition coefficient (Wildman–Crippen LogP) is 3.78. The number of hydrogen-bond acceptors (Lipinski definition) is 6. The molecule has 8 heteroatoms.